The Bertz CT molecular complexity index is 331. The normalized spacial score (nSPS) is 10.4. The van der Waals surface area contributed by atoms with Crippen LogP contribution >= 0.6 is 0 Å². The van der Waals surface area contributed by atoms with E-state index in [0.717, 1.165) is 11.9 Å². The lowest BCUT2D eigenvalue weighted by Crippen LogP contribution is -1.74. The van der Waals surface area contributed by atoms with Gasteiger partial charge in [0.05, 0.1) is 6.21 Å². The largest absolute Gasteiger partial charge is 0.352 e. The van der Waals surface area contributed by atoms with Crippen LogP contribution in [0.2, 0.25) is 0 Å². The number of aromatic nitrogens is 2. The molecule has 0 aliphatic rings. The van der Waals surface area contributed by atoms with Gasteiger partial charge in [-0.1, -0.05) is 0 Å². The van der Waals surface area contributed by atoms with E-state index in [4.69, 9.17) is 9.93 Å². The molecule has 0 saturated carbocycles. The summed E-state index contributed by atoms with van der Waals surface area (Å²) in [6.07, 6.45) is 2.82. The Morgan fingerprint density at radius 2 is 2.60 bits per heavy atom. The number of fused-ring (bicyclic) bond motifs is 1. The van der Waals surface area contributed by atoms with Gasteiger partial charge in [-0.25, -0.2) is 0 Å². The van der Waals surface area contributed by atoms with Gasteiger partial charge < -0.3 is 9.93 Å². The standard InChI is InChI=1S/C6H5N3O/c7-4-6-8-5-2-1-3-9(5)10-6/h1-4,7H. The highest BCUT2D eigenvalue weighted by Gasteiger charge is 1.99. The Kier molecular flexibility index (Phi) is 0.887. The van der Waals surface area contributed by atoms with Crippen molar-refractivity contribution in [1.82, 2.24) is 9.56 Å². The molecule has 0 aliphatic carbocycles. The van der Waals surface area contributed by atoms with Crippen molar-refractivity contribution >= 4 is 11.9 Å². The Morgan fingerprint density at radius 1 is 1.70 bits per heavy atom. The van der Waals surface area contributed by atoms with E-state index in [-0.39, 0.29) is 0 Å². The summed E-state index contributed by atoms with van der Waals surface area (Å²) in [5, 5.41) is 6.82. The van der Waals surface area contributed by atoms with Crippen LogP contribution in [0, 0.1) is 5.41 Å². The molecular formula is C6H5N3O. The Hall–Kier alpha value is -1.58. The van der Waals surface area contributed by atoms with E-state index in [1.165, 1.54) is 4.57 Å². The summed E-state index contributed by atoms with van der Waals surface area (Å²) in [4.78, 5) is 3.94. The van der Waals surface area contributed by atoms with E-state index >= 15 is 0 Å². The number of nitrogens with zero attached hydrogens (tertiary/aromatic N) is 2. The molecule has 0 radical (unpaired) electrons. The molecule has 2 aromatic heterocycles. The lowest BCUT2D eigenvalue weighted by Gasteiger charge is -1.75. The van der Waals surface area contributed by atoms with Crippen molar-refractivity contribution in [3.8, 4) is 0 Å². The average Bonchev–Trinajstić information content (AvgIpc) is 2.42. The summed E-state index contributed by atoms with van der Waals surface area (Å²) in [6.45, 7) is 0. The number of hydrogen-bond donors (Lipinski definition) is 1. The Balaban J connectivity index is 2.78. The maximum Gasteiger partial charge on any atom is 0.266 e. The zero-order chi connectivity index (χ0) is 6.97. The molecule has 50 valence electrons. The smallest absolute Gasteiger partial charge is 0.266 e. The second kappa shape index (κ2) is 1.70. The van der Waals surface area contributed by atoms with Crippen molar-refractivity contribution in [3.63, 3.8) is 0 Å². The quantitative estimate of drug-likeness (QED) is 0.591. The summed E-state index contributed by atoms with van der Waals surface area (Å²) >= 11 is 0. The molecule has 0 spiro atoms. The number of rotatable bonds is 1. The molecule has 2 rings (SSSR count). The van der Waals surface area contributed by atoms with Gasteiger partial charge >= 0.3 is 0 Å². The van der Waals surface area contributed by atoms with E-state index in [2.05, 4.69) is 4.98 Å². The van der Waals surface area contributed by atoms with Crippen LogP contribution in [0.4, 0.5) is 0 Å². The van der Waals surface area contributed by atoms with Crippen molar-refractivity contribution in [3.05, 3.63) is 24.2 Å². The van der Waals surface area contributed by atoms with E-state index in [9.17, 15) is 0 Å². The molecule has 0 aromatic carbocycles. The van der Waals surface area contributed by atoms with E-state index in [1.54, 1.807) is 6.20 Å². The molecule has 4 nitrogen and oxygen atoms in total. The molecular weight excluding hydrogens is 130 g/mol. The zero-order valence-electron chi connectivity index (χ0n) is 5.11. The third-order valence-electron chi connectivity index (χ3n) is 1.23. The minimum atomic E-state index is 0.329. The predicted molar refractivity (Wildman–Crippen MR) is 35.3 cm³/mol. The first-order valence-electron chi connectivity index (χ1n) is 2.85. The van der Waals surface area contributed by atoms with Crippen LogP contribution in [0.5, 0.6) is 0 Å². The van der Waals surface area contributed by atoms with Crippen LogP contribution < -0.4 is 0 Å². The molecule has 0 fully saturated rings. The first-order valence-corrected chi connectivity index (χ1v) is 2.85. The molecule has 0 bridgehead atoms. The molecule has 0 unspecified atom stereocenters. The van der Waals surface area contributed by atoms with Crippen LogP contribution in [0.15, 0.2) is 22.9 Å². The first-order chi connectivity index (χ1) is 4.90. The summed E-state index contributed by atoms with van der Waals surface area (Å²) in [5.41, 5.74) is 0.735. The highest BCUT2D eigenvalue weighted by atomic mass is 16.5. The molecule has 1 N–H and O–H groups in total. The molecule has 2 heterocycles. The molecule has 2 aromatic rings. The first kappa shape index (κ1) is 5.22. The van der Waals surface area contributed by atoms with Gasteiger partial charge in [0.1, 0.15) is 0 Å². The van der Waals surface area contributed by atoms with Crippen LogP contribution in [-0.4, -0.2) is 15.8 Å². The van der Waals surface area contributed by atoms with E-state index in [1.807, 2.05) is 12.1 Å². The van der Waals surface area contributed by atoms with Gasteiger partial charge in [0.15, 0.2) is 5.65 Å². The predicted octanol–water partition coefficient (Wildman–Crippen LogP) is 0.925. The Labute approximate surface area is 56.6 Å². The summed E-state index contributed by atoms with van der Waals surface area (Å²) in [5.74, 6) is 0.329. The minimum Gasteiger partial charge on any atom is -0.352 e. The lowest BCUT2D eigenvalue weighted by atomic mass is 10.6. The summed E-state index contributed by atoms with van der Waals surface area (Å²) in [7, 11) is 0. The van der Waals surface area contributed by atoms with Gasteiger partial charge in [-0.2, -0.15) is 9.56 Å². The van der Waals surface area contributed by atoms with Crippen LogP contribution in [0.1, 0.15) is 5.89 Å². The fourth-order valence-corrected chi connectivity index (χ4v) is 0.814. The van der Waals surface area contributed by atoms with Gasteiger partial charge in [0.2, 0.25) is 0 Å². The van der Waals surface area contributed by atoms with Gasteiger partial charge in [-0.3, -0.25) is 0 Å². The van der Waals surface area contributed by atoms with E-state index < -0.39 is 0 Å². The van der Waals surface area contributed by atoms with Crippen molar-refractivity contribution in [2.75, 3.05) is 0 Å². The fraction of sp³-hybridized carbons (Fsp3) is 0. The van der Waals surface area contributed by atoms with Crippen molar-refractivity contribution in [2.24, 2.45) is 0 Å². The van der Waals surface area contributed by atoms with Crippen molar-refractivity contribution < 1.29 is 4.52 Å². The average molecular weight is 135 g/mol. The molecule has 0 saturated heterocycles. The van der Waals surface area contributed by atoms with Crippen molar-refractivity contribution in [1.29, 1.82) is 5.41 Å². The number of hydrogen-bond acceptors (Lipinski definition) is 3. The maximum atomic E-state index is 6.82. The van der Waals surface area contributed by atoms with Crippen LogP contribution in [0.3, 0.4) is 0 Å². The van der Waals surface area contributed by atoms with Crippen LogP contribution in [0.25, 0.3) is 5.65 Å². The monoisotopic (exact) mass is 135 g/mol. The second-order valence-electron chi connectivity index (χ2n) is 1.88. The third-order valence-corrected chi connectivity index (χ3v) is 1.23. The number of nitrogens with one attached hydrogen (secondary N) is 1. The molecule has 10 heavy (non-hydrogen) atoms. The van der Waals surface area contributed by atoms with Crippen LogP contribution in [-0.2, 0) is 0 Å². The SMILES string of the molecule is N=Cc1nc2cccn2o1. The zero-order valence-corrected chi connectivity index (χ0v) is 5.11. The highest BCUT2D eigenvalue weighted by Crippen LogP contribution is 2.02. The Morgan fingerprint density at radius 3 is 3.30 bits per heavy atom. The minimum absolute atomic E-state index is 0.329. The van der Waals surface area contributed by atoms with Crippen molar-refractivity contribution in [2.45, 2.75) is 0 Å². The van der Waals surface area contributed by atoms with Gasteiger partial charge in [-0.05, 0) is 12.1 Å². The van der Waals surface area contributed by atoms with Gasteiger partial charge in [0.25, 0.3) is 5.89 Å². The third kappa shape index (κ3) is 0.556. The molecule has 4 heteroatoms. The van der Waals surface area contributed by atoms with Gasteiger partial charge in [-0.15, -0.1) is 0 Å². The fourth-order valence-electron chi connectivity index (χ4n) is 0.814. The lowest BCUT2D eigenvalue weighted by molar-refractivity contribution is 0.370. The maximum absolute atomic E-state index is 6.82. The summed E-state index contributed by atoms with van der Waals surface area (Å²) < 4.78 is 6.53. The van der Waals surface area contributed by atoms with E-state index in [0.29, 0.717) is 5.89 Å². The molecule has 0 atom stereocenters. The highest BCUT2D eigenvalue weighted by molar-refractivity contribution is 5.70. The molecule has 0 aliphatic heterocycles. The second-order valence-corrected chi connectivity index (χ2v) is 1.88. The topological polar surface area (TPSA) is 54.3 Å². The molecule has 0 amide bonds. The van der Waals surface area contributed by atoms with Gasteiger partial charge in [0, 0.05) is 6.20 Å². The summed E-state index contributed by atoms with van der Waals surface area (Å²) in [6, 6.07) is 3.65.